The van der Waals surface area contributed by atoms with Crippen LogP contribution in [0.5, 0.6) is 5.75 Å². The number of ether oxygens (including phenoxy) is 2. The van der Waals surface area contributed by atoms with Gasteiger partial charge in [-0.05, 0) is 23.3 Å². The van der Waals surface area contributed by atoms with Crippen LogP contribution in [0.15, 0.2) is 59.6 Å². The van der Waals surface area contributed by atoms with Crippen LogP contribution in [0.4, 0.5) is 0 Å². The molecule has 0 unspecified atom stereocenters. The first-order valence-electron chi connectivity index (χ1n) is 10.2. The summed E-state index contributed by atoms with van der Waals surface area (Å²) in [6, 6.07) is 18.7. The fourth-order valence-corrected chi connectivity index (χ4v) is 3.36. The van der Waals surface area contributed by atoms with Crippen molar-refractivity contribution < 1.29 is 9.47 Å². The number of nitrogens with one attached hydrogen (secondary N) is 1. The van der Waals surface area contributed by atoms with Gasteiger partial charge in [-0.1, -0.05) is 42.5 Å². The predicted molar refractivity (Wildman–Crippen MR) is 117 cm³/mol. The average molecular weight is 397 g/mol. The molecule has 0 amide bonds. The van der Waals surface area contributed by atoms with Gasteiger partial charge in [-0.2, -0.15) is 0 Å². The topological polar surface area (TPSA) is 49.3 Å². The molecule has 0 radical (unpaired) electrons. The Hall–Kier alpha value is -2.57. The van der Waals surface area contributed by atoms with Gasteiger partial charge in [0, 0.05) is 46.8 Å². The Morgan fingerprint density at radius 1 is 1.10 bits per heavy atom. The van der Waals surface area contributed by atoms with E-state index in [-0.39, 0.29) is 0 Å². The highest BCUT2D eigenvalue weighted by Crippen LogP contribution is 2.13. The van der Waals surface area contributed by atoms with Crippen LogP contribution in [-0.2, 0) is 17.8 Å². The zero-order valence-corrected chi connectivity index (χ0v) is 17.5. The molecule has 1 saturated heterocycles. The molecule has 29 heavy (non-hydrogen) atoms. The van der Waals surface area contributed by atoms with E-state index < -0.39 is 0 Å². The summed E-state index contributed by atoms with van der Waals surface area (Å²) in [7, 11) is 3.86. The predicted octanol–water partition coefficient (Wildman–Crippen LogP) is 2.61. The third-order valence-corrected chi connectivity index (χ3v) is 4.96. The lowest BCUT2D eigenvalue weighted by Gasteiger charge is -2.26. The summed E-state index contributed by atoms with van der Waals surface area (Å²) in [5, 5.41) is 3.44. The normalized spacial score (nSPS) is 15.2. The van der Waals surface area contributed by atoms with Crippen molar-refractivity contribution in [2.24, 2.45) is 4.99 Å². The molecule has 0 aliphatic carbocycles. The quantitative estimate of drug-likeness (QED) is 0.549. The van der Waals surface area contributed by atoms with Gasteiger partial charge >= 0.3 is 0 Å². The van der Waals surface area contributed by atoms with Crippen molar-refractivity contribution in [3.8, 4) is 5.75 Å². The highest BCUT2D eigenvalue weighted by atomic mass is 16.5. The van der Waals surface area contributed by atoms with E-state index in [1.165, 1.54) is 11.1 Å². The van der Waals surface area contributed by atoms with E-state index in [4.69, 9.17) is 9.47 Å². The second-order valence-corrected chi connectivity index (χ2v) is 7.19. The molecule has 1 aliphatic heterocycles. The van der Waals surface area contributed by atoms with Crippen LogP contribution in [-0.4, -0.2) is 69.3 Å². The molecule has 6 heteroatoms. The molecule has 0 saturated carbocycles. The molecule has 6 nitrogen and oxygen atoms in total. The summed E-state index contributed by atoms with van der Waals surface area (Å²) in [5.74, 6) is 1.78. The third kappa shape index (κ3) is 7.07. The molecule has 0 aromatic heterocycles. The Labute approximate surface area is 174 Å². The summed E-state index contributed by atoms with van der Waals surface area (Å²) >= 11 is 0. The van der Waals surface area contributed by atoms with Crippen molar-refractivity contribution >= 4 is 5.96 Å². The molecule has 0 spiro atoms. The standard InChI is InChI=1S/C23H32N4O2/c1-24-23(26(2)19-20-7-4-3-5-8-20)25-18-21-9-6-10-22(17-21)29-16-13-27-11-14-28-15-12-27/h3-10,17H,11-16,18-19H2,1-2H3,(H,24,25). The zero-order valence-electron chi connectivity index (χ0n) is 17.5. The minimum Gasteiger partial charge on any atom is -0.492 e. The Bertz CT molecular complexity index is 760. The maximum Gasteiger partial charge on any atom is 0.193 e. The van der Waals surface area contributed by atoms with Crippen molar-refractivity contribution in [2.45, 2.75) is 13.1 Å². The van der Waals surface area contributed by atoms with E-state index in [0.29, 0.717) is 13.2 Å². The number of hydrogen-bond donors (Lipinski definition) is 1. The van der Waals surface area contributed by atoms with Gasteiger partial charge in [0.15, 0.2) is 5.96 Å². The molecule has 2 aromatic rings. The summed E-state index contributed by atoms with van der Waals surface area (Å²) in [4.78, 5) is 8.91. The maximum atomic E-state index is 5.96. The monoisotopic (exact) mass is 396 g/mol. The van der Waals surface area contributed by atoms with Crippen LogP contribution in [0.2, 0.25) is 0 Å². The lowest BCUT2D eigenvalue weighted by molar-refractivity contribution is 0.0322. The second kappa shape index (κ2) is 11.4. The molecule has 1 heterocycles. The van der Waals surface area contributed by atoms with Gasteiger partial charge in [0.1, 0.15) is 12.4 Å². The van der Waals surface area contributed by atoms with Gasteiger partial charge < -0.3 is 19.7 Å². The number of guanidine groups is 1. The Morgan fingerprint density at radius 2 is 1.86 bits per heavy atom. The number of nitrogens with zero attached hydrogens (tertiary/aromatic N) is 3. The first-order valence-corrected chi connectivity index (χ1v) is 10.2. The van der Waals surface area contributed by atoms with Gasteiger partial charge in [0.05, 0.1) is 13.2 Å². The van der Waals surface area contributed by atoms with E-state index in [2.05, 4.69) is 56.5 Å². The van der Waals surface area contributed by atoms with Crippen LogP contribution in [0.1, 0.15) is 11.1 Å². The van der Waals surface area contributed by atoms with Crippen molar-refractivity contribution in [2.75, 3.05) is 53.6 Å². The molecule has 0 bridgehead atoms. The number of aliphatic imine (C=N–C) groups is 1. The molecule has 2 aromatic carbocycles. The van der Waals surface area contributed by atoms with Gasteiger partial charge in [0.2, 0.25) is 0 Å². The Morgan fingerprint density at radius 3 is 2.62 bits per heavy atom. The zero-order chi connectivity index (χ0) is 20.3. The third-order valence-electron chi connectivity index (χ3n) is 4.96. The van der Waals surface area contributed by atoms with Gasteiger partial charge in [-0.3, -0.25) is 9.89 Å². The van der Waals surface area contributed by atoms with Crippen molar-refractivity contribution in [1.82, 2.24) is 15.1 Å². The fraction of sp³-hybridized carbons (Fsp3) is 0.435. The SMILES string of the molecule is CN=C(NCc1cccc(OCCN2CCOCC2)c1)N(C)Cc1ccccc1. The lowest BCUT2D eigenvalue weighted by Crippen LogP contribution is -2.38. The maximum absolute atomic E-state index is 5.96. The summed E-state index contributed by atoms with van der Waals surface area (Å²) < 4.78 is 11.3. The smallest absolute Gasteiger partial charge is 0.193 e. The number of hydrogen-bond acceptors (Lipinski definition) is 4. The molecular formula is C23H32N4O2. The summed E-state index contributed by atoms with van der Waals surface area (Å²) in [6.45, 7) is 6.76. The van der Waals surface area contributed by atoms with Gasteiger partial charge in [-0.15, -0.1) is 0 Å². The van der Waals surface area contributed by atoms with E-state index in [9.17, 15) is 0 Å². The van der Waals surface area contributed by atoms with Crippen LogP contribution in [0.25, 0.3) is 0 Å². The van der Waals surface area contributed by atoms with Gasteiger partial charge in [-0.25, -0.2) is 0 Å². The van der Waals surface area contributed by atoms with E-state index in [0.717, 1.165) is 51.1 Å². The first kappa shape index (κ1) is 21.1. The second-order valence-electron chi connectivity index (χ2n) is 7.19. The first-order chi connectivity index (χ1) is 14.2. The molecule has 1 fully saturated rings. The average Bonchev–Trinajstić information content (AvgIpc) is 2.76. The highest BCUT2D eigenvalue weighted by molar-refractivity contribution is 5.79. The Kier molecular flexibility index (Phi) is 8.34. The van der Waals surface area contributed by atoms with E-state index >= 15 is 0 Å². The lowest BCUT2D eigenvalue weighted by atomic mass is 10.2. The van der Waals surface area contributed by atoms with Crippen molar-refractivity contribution in [3.63, 3.8) is 0 Å². The summed E-state index contributed by atoms with van der Waals surface area (Å²) in [5.41, 5.74) is 2.43. The molecular weight excluding hydrogens is 364 g/mol. The molecule has 3 rings (SSSR count). The number of rotatable bonds is 8. The van der Waals surface area contributed by atoms with E-state index in [1.807, 2.05) is 32.3 Å². The Balaban J connectivity index is 1.46. The van der Waals surface area contributed by atoms with E-state index in [1.54, 1.807) is 0 Å². The van der Waals surface area contributed by atoms with Gasteiger partial charge in [0.25, 0.3) is 0 Å². The van der Waals surface area contributed by atoms with Crippen LogP contribution in [0, 0.1) is 0 Å². The van der Waals surface area contributed by atoms with Crippen LogP contribution >= 0.6 is 0 Å². The minimum atomic E-state index is 0.693. The molecule has 156 valence electrons. The summed E-state index contributed by atoms with van der Waals surface area (Å²) in [6.07, 6.45) is 0. The van der Waals surface area contributed by atoms with Crippen molar-refractivity contribution in [3.05, 3.63) is 65.7 Å². The van der Waals surface area contributed by atoms with Crippen LogP contribution in [0.3, 0.4) is 0 Å². The number of morpholine rings is 1. The highest BCUT2D eigenvalue weighted by Gasteiger charge is 2.10. The van der Waals surface area contributed by atoms with Crippen LogP contribution < -0.4 is 10.1 Å². The number of benzene rings is 2. The fourth-order valence-electron chi connectivity index (χ4n) is 3.36. The van der Waals surface area contributed by atoms with Crippen molar-refractivity contribution in [1.29, 1.82) is 0 Å². The molecule has 1 aliphatic rings. The molecule has 0 atom stereocenters. The molecule has 1 N–H and O–H groups in total. The largest absolute Gasteiger partial charge is 0.492 e. The minimum absolute atomic E-state index is 0.693.